The third-order valence-corrected chi connectivity index (χ3v) is 4.09. The number of likely N-dealkylation sites (tertiary alicyclic amines) is 2. The minimum Gasteiger partial charge on any atom is -0.329 e. The van der Waals surface area contributed by atoms with Gasteiger partial charge in [0.25, 0.3) is 0 Å². The molecule has 2 rings (SSSR count). The molecule has 0 saturated carbocycles. The average molecular weight is 240 g/mol. The fraction of sp³-hybridized carbons (Fsp3) is 1.00. The first-order valence-corrected chi connectivity index (χ1v) is 7.26. The maximum atomic E-state index is 5.58. The summed E-state index contributed by atoms with van der Waals surface area (Å²) in [4.78, 5) is 5.06. The molecule has 2 heterocycles. The molecule has 2 aliphatic heterocycles. The molecule has 4 nitrogen and oxygen atoms in total. The Hall–Kier alpha value is -0.160. The highest BCUT2D eigenvalue weighted by atomic mass is 15.2. The van der Waals surface area contributed by atoms with E-state index in [1.54, 1.807) is 0 Å². The number of rotatable bonds is 6. The SMILES string of the molecule is NCCN1CCC(NCCN2CCCC2)CC1. The highest BCUT2D eigenvalue weighted by molar-refractivity contribution is 4.78. The minimum absolute atomic E-state index is 0.742. The zero-order chi connectivity index (χ0) is 11.9. The predicted molar refractivity (Wildman–Crippen MR) is 72.2 cm³/mol. The Morgan fingerprint density at radius 3 is 2.24 bits per heavy atom. The standard InChI is InChI=1S/C13H28N4/c14-5-11-17-9-3-13(4-10-17)15-6-12-16-7-1-2-8-16/h13,15H,1-12,14H2. The number of nitrogens with two attached hydrogens (primary N) is 1. The molecule has 0 aromatic rings. The monoisotopic (exact) mass is 240 g/mol. The fourth-order valence-corrected chi connectivity index (χ4v) is 2.98. The zero-order valence-electron chi connectivity index (χ0n) is 11.0. The van der Waals surface area contributed by atoms with Crippen molar-refractivity contribution >= 4 is 0 Å². The van der Waals surface area contributed by atoms with Gasteiger partial charge >= 0.3 is 0 Å². The van der Waals surface area contributed by atoms with Gasteiger partial charge in [-0.3, -0.25) is 0 Å². The van der Waals surface area contributed by atoms with Gasteiger partial charge in [0, 0.05) is 32.2 Å². The van der Waals surface area contributed by atoms with Crippen LogP contribution in [-0.2, 0) is 0 Å². The average Bonchev–Trinajstić information content (AvgIpc) is 2.85. The highest BCUT2D eigenvalue weighted by Gasteiger charge is 2.18. The number of piperidine rings is 1. The molecule has 0 radical (unpaired) electrons. The molecule has 0 aliphatic carbocycles. The molecular formula is C13H28N4. The highest BCUT2D eigenvalue weighted by Crippen LogP contribution is 2.10. The Morgan fingerprint density at radius 2 is 1.59 bits per heavy atom. The Bertz CT molecular complexity index is 196. The van der Waals surface area contributed by atoms with Crippen LogP contribution >= 0.6 is 0 Å². The van der Waals surface area contributed by atoms with Crippen molar-refractivity contribution in [2.45, 2.75) is 31.7 Å². The van der Waals surface area contributed by atoms with Crippen molar-refractivity contribution in [2.75, 3.05) is 52.4 Å². The van der Waals surface area contributed by atoms with Gasteiger partial charge in [0.1, 0.15) is 0 Å². The third kappa shape index (κ3) is 4.54. The van der Waals surface area contributed by atoms with Crippen molar-refractivity contribution in [3.63, 3.8) is 0 Å². The largest absolute Gasteiger partial charge is 0.329 e. The summed E-state index contributed by atoms with van der Waals surface area (Å²) < 4.78 is 0. The van der Waals surface area contributed by atoms with Crippen LogP contribution in [0.3, 0.4) is 0 Å². The summed E-state index contributed by atoms with van der Waals surface area (Å²) in [6.07, 6.45) is 5.38. The van der Waals surface area contributed by atoms with E-state index in [0.717, 1.165) is 19.1 Å². The third-order valence-electron chi connectivity index (χ3n) is 4.09. The molecule has 0 unspecified atom stereocenters. The molecular weight excluding hydrogens is 212 g/mol. The van der Waals surface area contributed by atoms with Crippen LogP contribution in [0.4, 0.5) is 0 Å². The van der Waals surface area contributed by atoms with Gasteiger partial charge in [-0.15, -0.1) is 0 Å². The van der Waals surface area contributed by atoms with Crippen molar-refractivity contribution in [1.82, 2.24) is 15.1 Å². The first-order valence-electron chi connectivity index (χ1n) is 7.26. The lowest BCUT2D eigenvalue weighted by molar-refractivity contribution is 0.199. The lowest BCUT2D eigenvalue weighted by Gasteiger charge is -2.32. The summed E-state index contributed by atoms with van der Waals surface area (Å²) in [7, 11) is 0. The van der Waals surface area contributed by atoms with E-state index in [4.69, 9.17) is 5.73 Å². The van der Waals surface area contributed by atoms with Gasteiger partial charge in [-0.05, 0) is 51.9 Å². The van der Waals surface area contributed by atoms with Crippen LogP contribution in [0.5, 0.6) is 0 Å². The van der Waals surface area contributed by atoms with E-state index in [1.165, 1.54) is 65.0 Å². The lowest BCUT2D eigenvalue weighted by atomic mass is 10.1. The van der Waals surface area contributed by atoms with Crippen molar-refractivity contribution in [3.8, 4) is 0 Å². The molecule has 2 saturated heterocycles. The first kappa shape index (κ1) is 13.3. The number of nitrogens with zero attached hydrogens (tertiary/aromatic N) is 2. The van der Waals surface area contributed by atoms with Crippen LogP contribution in [0.15, 0.2) is 0 Å². The molecule has 0 atom stereocenters. The molecule has 100 valence electrons. The van der Waals surface area contributed by atoms with Gasteiger partial charge in [0.05, 0.1) is 0 Å². The van der Waals surface area contributed by atoms with Crippen LogP contribution in [0.1, 0.15) is 25.7 Å². The van der Waals surface area contributed by atoms with Crippen molar-refractivity contribution in [3.05, 3.63) is 0 Å². The topological polar surface area (TPSA) is 44.5 Å². The quantitative estimate of drug-likeness (QED) is 0.691. The first-order chi connectivity index (χ1) is 8.38. The molecule has 0 aromatic heterocycles. The summed E-state index contributed by atoms with van der Waals surface area (Å²) in [5.74, 6) is 0. The fourth-order valence-electron chi connectivity index (χ4n) is 2.98. The Balaban J connectivity index is 1.52. The van der Waals surface area contributed by atoms with E-state index in [1.807, 2.05) is 0 Å². The molecule has 2 fully saturated rings. The molecule has 2 aliphatic rings. The van der Waals surface area contributed by atoms with E-state index in [0.29, 0.717) is 0 Å². The number of hydrogen-bond acceptors (Lipinski definition) is 4. The van der Waals surface area contributed by atoms with Crippen LogP contribution in [0.25, 0.3) is 0 Å². The molecule has 4 heteroatoms. The molecule has 3 N–H and O–H groups in total. The normalized spacial score (nSPS) is 24.5. The van der Waals surface area contributed by atoms with Gasteiger partial charge in [-0.2, -0.15) is 0 Å². The smallest absolute Gasteiger partial charge is 0.0107 e. The second-order valence-electron chi connectivity index (χ2n) is 5.41. The predicted octanol–water partition coefficient (Wildman–Crippen LogP) is 0.0949. The van der Waals surface area contributed by atoms with E-state index in [-0.39, 0.29) is 0 Å². The number of nitrogens with one attached hydrogen (secondary N) is 1. The van der Waals surface area contributed by atoms with Gasteiger partial charge in [-0.1, -0.05) is 0 Å². The summed E-state index contributed by atoms with van der Waals surface area (Å²) in [6, 6.07) is 0.742. The molecule has 0 spiro atoms. The Kier molecular flexibility index (Phi) is 5.71. The van der Waals surface area contributed by atoms with Crippen LogP contribution in [-0.4, -0.2) is 68.2 Å². The van der Waals surface area contributed by atoms with Gasteiger partial charge in [0.2, 0.25) is 0 Å². The summed E-state index contributed by atoms with van der Waals surface area (Å²) >= 11 is 0. The van der Waals surface area contributed by atoms with Crippen molar-refractivity contribution < 1.29 is 0 Å². The van der Waals surface area contributed by atoms with E-state index in [9.17, 15) is 0 Å². The van der Waals surface area contributed by atoms with Gasteiger partial charge < -0.3 is 20.9 Å². The Morgan fingerprint density at radius 1 is 0.941 bits per heavy atom. The zero-order valence-corrected chi connectivity index (χ0v) is 11.0. The van der Waals surface area contributed by atoms with Crippen molar-refractivity contribution in [2.24, 2.45) is 5.73 Å². The van der Waals surface area contributed by atoms with Gasteiger partial charge in [-0.25, -0.2) is 0 Å². The maximum absolute atomic E-state index is 5.58. The summed E-state index contributed by atoms with van der Waals surface area (Å²) in [5, 5.41) is 3.71. The van der Waals surface area contributed by atoms with Crippen LogP contribution in [0, 0.1) is 0 Å². The van der Waals surface area contributed by atoms with Crippen molar-refractivity contribution in [1.29, 1.82) is 0 Å². The molecule has 0 amide bonds. The van der Waals surface area contributed by atoms with E-state index in [2.05, 4.69) is 15.1 Å². The van der Waals surface area contributed by atoms with Gasteiger partial charge in [0.15, 0.2) is 0 Å². The van der Waals surface area contributed by atoms with E-state index >= 15 is 0 Å². The lowest BCUT2D eigenvalue weighted by Crippen LogP contribution is -2.45. The molecule has 0 bridgehead atoms. The van der Waals surface area contributed by atoms with Crippen LogP contribution in [0.2, 0.25) is 0 Å². The second kappa shape index (κ2) is 7.31. The molecule has 17 heavy (non-hydrogen) atoms. The summed E-state index contributed by atoms with van der Waals surface area (Å²) in [6.45, 7) is 9.35. The minimum atomic E-state index is 0.742. The maximum Gasteiger partial charge on any atom is 0.0107 e. The van der Waals surface area contributed by atoms with Crippen LogP contribution < -0.4 is 11.1 Å². The summed E-state index contributed by atoms with van der Waals surface area (Å²) in [5.41, 5.74) is 5.58. The number of hydrogen-bond donors (Lipinski definition) is 2. The Labute approximate surface area is 106 Å². The second-order valence-corrected chi connectivity index (χ2v) is 5.41. The molecule has 0 aromatic carbocycles. The van der Waals surface area contributed by atoms with E-state index < -0.39 is 0 Å².